The van der Waals surface area contributed by atoms with Gasteiger partial charge in [-0.25, -0.2) is 4.98 Å². The van der Waals surface area contributed by atoms with E-state index in [1.807, 2.05) is 32.0 Å². The lowest BCUT2D eigenvalue weighted by molar-refractivity contribution is 0.407. The number of pyridine rings is 1. The number of aromatic amines is 1. The van der Waals surface area contributed by atoms with Crippen LogP contribution in [0.1, 0.15) is 24.2 Å². The van der Waals surface area contributed by atoms with Crippen LogP contribution in [0, 0.1) is 13.8 Å². The fourth-order valence-electron chi connectivity index (χ4n) is 2.61. The summed E-state index contributed by atoms with van der Waals surface area (Å²) in [5.74, 6) is 1.79. The number of methoxy groups -OCH3 is 2. The van der Waals surface area contributed by atoms with Gasteiger partial charge >= 0.3 is 0 Å². The minimum Gasteiger partial charge on any atom is -0.497 e. The van der Waals surface area contributed by atoms with Gasteiger partial charge in [-0.1, -0.05) is 7.43 Å². The van der Waals surface area contributed by atoms with Crippen molar-refractivity contribution in [1.82, 2.24) is 15.0 Å². The second kappa shape index (κ2) is 7.65. The van der Waals surface area contributed by atoms with Crippen molar-refractivity contribution >= 4 is 21.8 Å². The van der Waals surface area contributed by atoms with Crippen molar-refractivity contribution in [1.29, 1.82) is 0 Å². The van der Waals surface area contributed by atoms with E-state index in [1.165, 1.54) is 0 Å². The molecular formula is C18H23N3O3S. The third-order valence-electron chi connectivity index (χ3n) is 3.90. The highest BCUT2D eigenvalue weighted by molar-refractivity contribution is 7.84. The van der Waals surface area contributed by atoms with Gasteiger partial charge in [-0.3, -0.25) is 9.19 Å². The van der Waals surface area contributed by atoms with Crippen LogP contribution in [0.4, 0.5) is 0 Å². The predicted octanol–water partition coefficient (Wildman–Crippen LogP) is 3.54. The number of ether oxygens (including phenoxy) is 2. The van der Waals surface area contributed by atoms with Gasteiger partial charge in [0.2, 0.25) is 0 Å². The van der Waals surface area contributed by atoms with Crippen molar-refractivity contribution in [2.75, 3.05) is 14.2 Å². The van der Waals surface area contributed by atoms with Crippen LogP contribution < -0.4 is 9.47 Å². The van der Waals surface area contributed by atoms with Crippen LogP contribution in [0.5, 0.6) is 11.5 Å². The second-order valence-electron chi connectivity index (χ2n) is 5.46. The van der Waals surface area contributed by atoms with E-state index in [9.17, 15) is 4.21 Å². The maximum absolute atomic E-state index is 12.7. The van der Waals surface area contributed by atoms with Gasteiger partial charge in [0.15, 0.2) is 5.16 Å². The summed E-state index contributed by atoms with van der Waals surface area (Å²) in [4.78, 5) is 11.9. The number of nitrogens with one attached hydrogen (secondary N) is 1. The molecule has 0 fully saturated rings. The lowest BCUT2D eigenvalue weighted by Gasteiger charge is -2.11. The van der Waals surface area contributed by atoms with Gasteiger partial charge in [0.05, 0.1) is 47.5 Å². The lowest BCUT2D eigenvalue weighted by Crippen LogP contribution is -2.05. The number of hydrogen-bond donors (Lipinski definition) is 1. The van der Waals surface area contributed by atoms with E-state index < -0.39 is 10.8 Å². The molecule has 3 rings (SSSR count). The number of rotatable bonds is 5. The Morgan fingerprint density at radius 3 is 2.64 bits per heavy atom. The van der Waals surface area contributed by atoms with E-state index in [1.54, 1.807) is 20.4 Å². The predicted molar refractivity (Wildman–Crippen MR) is 99.8 cm³/mol. The van der Waals surface area contributed by atoms with Crippen LogP contribution in [0.2, 0.25) is 0 Å². The molecular weight excluding hydrogens is 338 g/mol. The monoisotopic (exact) mass is 361 g/mol. The van der Waals surface area contributed by atoms with Crippen molar-refractivity contribution in [2.24, 2.45) is 0 Å². The fourth-order valence-corrected chi connectivity index (χ4v) is 3.71. The molecule has 0 spiro atoms. The van der Waals surface area contributed by atoms with Gasteiger partial charge in [-0.2, -0.15) is 0 Å². The topological polar surface area (TPSA) is 77.1 Å². The van der Waals surface area contributed by atoms with Crippen LogP contribution in [0.3, 0.4) is 0 Å². The Bertz CT molecular complexity index is 921. The standard InChI is InChI=1S/C17H19N3O3S.CH4/c1-10-8-18-15(11(2)16(10)23-4)9-24(21)17-19-13-6-5-12(22-3)7-14(13)20-17;/h5-8H,9H2,1-4H3,(H,19,20);1H4/t24-;/m0./s1. The summed E-state index contributed by atoms with van der Waals surface area (Å²) in [5, 5.41) is 0.430. The number of benzene rings is 1. The Morgan fingerprint density at radius 1 is 1.20 bits per heavy atom. The van der Waals surface area contributed by atoms with Crippen LogP contribution >= 0.6 is 0 Å². The molecule has 1 N–H and O–H groups in total. The fraction of sp³-hybridized carbons (Fsp3) is 0.333. The molecule has 134 valence electrons. The zero-order valence-corrected chi connectivity index (χ0v) is 14.9. The Balaban J connectivity index is 0.00000225. The molecule has 0 aliphatic carbocycles. The zero-order chi connectivity index (χ0) is 17.3. The van der Waals surface area contributed by atoms with Crippen LogP contribution in [0.15, 0.2) is 29.6 Å². The molecule has 0 aliphatic heterocycles. The van der Waals surface area contributed by atoms with E-state index in [0.717, 1.165) is 39.4 Å². The second-order valence-corrected chi connectivity index (χ2v) is 6.83. The number of hydrogen-bond acceptors (Lipinski definition) is 5. The van der Waals surface area contributed by atoms with Gasteiger partial charge in [0.1, 0.15) is 11.5 Å². The summed E-state index contributed by atoms with van der Waals surface area (Å²) < 4.78 is 23.3. The summed E-state index contributed by atoms with van der Waals surface area (Å²) in [7, 11) is 1.91. The van der Waals surface area contributed by atoms with Crippen LogP contribution in [-0.4, -0.2) is 33.4 Å². The minimum absolute atomic E-state index is 0. The number of imidazole rings is 1. The number of fused-ring (bicyclic) bond motifs is 1. The SMILES string of the molecule is C.COc1ccc2nc([S@@](=O)Cc3ncc(C)c(OC)c3C)[nH]c2c1. The van der Waals surface area contributed by atoms with Gasteiger partial charge in [0.25, 0.3) is 0 Å². The van der Waals surface area contributed by atoms with Gasteiger partial charge in [-0.05, 0) is 26.0 Å². The first-order valence-corrected chi connectivity index (χ1v) is 8.76. The normalized spacial score (nSPS) is 11.8. The molecule has 1 aromatic carbocycles. The lowest BCUT2D eigenvalue weighted by atomic mass is 10.1. The third kappa shape index (κ3) is 3.66. The molecule has 0 unspecified atom stereocenters. The summed E-state index contributed by atoms with van der Waals surface area (Å²) in [6, 6.07) is 5.50. The largest absolute Gasteiger partial charge is 0.497 e. The quantitative estimate of drug-likeness (QED) is 0.752. The van der Waals surface area contributed by atoms with E-state index in [4.69, 9.17) is 9.47 Å². The maximum atomic E-state index is 12.7. The molecule has 2 aromatic heterocycles. The Morgan fingerprint density at radius 2 is 1.96 bits per heavy atom. The molecule has 0 saturated heterocycles. The average molecular weight is 361 g/mol. The van der Waals surface area contributed by atoms with Crippen LogP contribution in [0.25, 0.3) is 11.0 Å². The molecule has 2 heterocycles. The van der Waals surface area contributed by atoms with Crippen molar-refractivity contribution in [3.05, 3.63) is 41.2 Å². The van der Waals surface area contributed by atoms with E-state index >= 15 is 0 Å². The molecule has 7 heteroatoms. The van der Waals surface area contributed by atoms with E-state index in [0.29, 0.717) is 5.16 Å². The Kier molecular flexibility index (Phi) is 5.79. The van der Waals surface area contributed by atoms with E-state index in [2.05, 4.69) is 15.0 Å². The van der Waals surface area contributed by atoms with Crippen LogP contribution in [-0.2, 0) is 16.6 Å². The molecule has 0 bridgehead atoms. The molecule has 0 amide bonds. The maximum Gasteiger partial charge on any atom is 0.197 e. The van der Waals surface area contributed by atoms with Crippen molar-refractivity contribution in [3.8, 4) is 11.5 Å². The highest BCUT2D eigenvalue weighted by Crippen LogP contribution is 2.26. The van der Waals surface area contributed by atoms with Gasteiger partial charge in [-0.15, -0.1) is 0 Å². The molecule has 0 saturated carbocycles. The van der Waals surface area contributed by atoms with E-state index in [-0.39, 0.29) is 13.2 Å². The molecule has 3 aromatic rings. The minimum atomic E-state index is -1.33. The molecule has 0 radical (unpaired) electrons. The van der Waals surface area contributed by atoms with Gasteiger partial charge in [0, 0.05) is 23.4 Å². The molecule has 6 nitrogen and oxygen atoms in total. The highest BCUT2D eigenvalue weighted by Gasteiger charge is 2.16. The Labute approximate surface area is 150 Å². The zero-order valence-electron chi connectivity index (χ0n) is 14.0. The number of aromatic nitrogens is 3. The smallest absolute Gasteiger partial charge is 0.197 e. The molecule has 25 heavy (non-hydrogen) atoms. The average Bonchev–Trinajstić information content (AvgIpc) is 3.01. The summed E-state index contributed by atoms with van der Waals surface area (Å²) >= 11 is 0. The van der Waals surface area contributed by atoms with Crippen molar-refractivity contribution < 1.29 is 13.7 Å². The Hall–Kier alpha value is -2.41. The number of aryl methyl sites for hydroxylation is 1. The first-order chi connectivity index (χ1) is 11.5. The van der Waals surface area contributed by atoms with Crippen molar-refractivity contribution in [2.45, 2.75) is 32.2 Å². The third-order valence-corrected chi connectivity index (χ3v) is 5.06. The number of nitrogens with zero attached hydrogens (tertiary/aromatic N) is 2. The number of H-pyrrole nitrogens is 1. The molecule has 0 aliphatic rings. The first-order valence-electron chi connectivity index (χ1n) is 7.44. The molecule has 1 atom stereocenters. The summed E-state index contributed by atoms with van der Waals surface area (Å²) in [6.07, 6.45) is 1.74. The van der Waals surface area contributed by atoms with Gasteiger partial charge < -0.3 is 14.5 Å². The summed E-state index contributed by atoms with van der Waals surface area (Å²) in [6.45, 7) is 3.86. The highest BCUT2D eigenvalue weighted by atomic mass is 32.2. The summed E-state index contributed by atoms with van der Waals surface area (Å²) in [5.41, 5.74) is 4.16. The first kappa shape index (κ1) is 18.9. The van der Waals surface area contributed by atoms with Crippen molar-refractivity contribution in [3.63, 3.8) is 0 Å².